The molecule has 1 saturated heterocycles. The van der Waals surface area contributed by atoms with Gasteiger partial charge in [-0.05, 0) is 13.3 Å². The molecule has 0 unspecified atom stereocenters. The molecule has 2 aliphatic rings. The fourth-order valence-corrected chi connectivity index (χ4v) is 2.85. The number of amides is 1. The van der Waals surface area contributed by atoms with E-state index in [2.05, 4.69) is 10.1 Å². The van der Waals surface area contributed by atoms with Crippen molar-refractivity contribution in [2.24, 2.45) is 5.10 Å². The second kappa shape index (κ2) is 7.55. The van der Waals surface area contributed by atoms with E-state index < -0.39 is 23.8 Å². The lowest BCUT2D eigenvalue weighted by atomic mass is 10.3. The minimum Gasteiger partial charge on any atom is -0.391 e. The normalized spacial score (nSPS) is 20.6. The van der Waals surface area contributed by atoms with Crippen molar-refractivity contribution < 1.29 is 23.1 Å². The molecule has 10 heteroatoms. The number of carbonyl (C=O) groups is 1. The number of imidazole rings is 1. The van der Waals surface area contributed by atoms with Crippen LogP contribution in [0, 0.1) is 0 Å². The summed E-state index contributed by atoms with van der Waals surface area (Å²) in [6.07, 6.45) is 3.35. The number of likely N-dealkylation sites (tertiary alicyclic amines) is 1. The number of alkyl halides is 3. The van der Waals surface area contributed by atoms with Gasteiger partial charge in [0.2, 0.25) is 0 Å². The summed E-state index contributed by atoms with van der Waals surface area (Å²) in [4.78, 5) is 18.3. The SMILES string of the molecule is C/C(=C\n1c(C(=O)N2CC[C@H](O)C2)cnc1CN1C=CCC=N1)C(F)(F)F. The maximum Gasteiger partial charge on any atom is 0.413 e. The average Bonchev–Trinajstić information content (AvgIpc) is 3.21. The Bertz CT molecular complexity index is 785. The Balaban J connectivity index is 1.95. The van der Waals surface area contributed by atoms with Gasteiger partial charge in [0, 0.05) is 43.7 Å². The fraction of sp³-hybridized carbons (Fsp3) is 0.471. The molecule has 1 aromatic heterocycles. The number of halogens is 3. The molecule has 146 valence electrons. The van der Waals surface area contributed by atoms with E-state index in [9.17, 15) is 23.1 Å². The molecule has 7 nitrogen and oxygen atoms in total. The van der Waals surface area contributed by atoms with Crippen LogP contribution in [-0.2, 0) is 6.54 Å². The Hall–Kier alpha value is -2.62. The van der Waals surface area contributed by atoms with Gasteiger partial charge in [0.15, 0.2) is 0 Å². The zero-order chi connectivity index (χ0) is 19.6. The lowest BCUT2D eigenvalue weighted by molar-refractivity contribution is -0.0906. The molecule has 3 heterocycles. The first-order valence-corrected chi connectivity index (χ1v) is 8.50. The van der Waals surface area contributed by atoms with E-state index in [0.29, 0.717) is 19.4 Å². The minimum atomic E-state index is -4.52. The van der Waals surface area contributed by atoms with Crippen LogP contribution in [0.3, 0.4) is 0 Å². The van der Waals surface area contributed by atoms with Gasteiger partial charge in [-0.15, -0.1) is 0 Å². The van der Waals surface area contributed by atoms with Gasteiger partial charge >= 0.3 is 6.18 Å². The number of hydrazone groups is 1. The van der Waals surface area contributed by atoms with E-state index in [4.69, 9.17) is 0 Å². The van der Waals surface area contributed by atoms with Crippen LogP contribution in [0.4, 0.5) is 13.2 Å². The van der Waals surface area contributed by atoms with Crippen LogP contribution in [0.2, 0.25) is 0 Å². The van der Waals surface area contributed by atoms with Crippen molar-refractivity contribution in [1.82, 2.24) is 19.5 Å². The van der Waals surface area contributed by atoms with Gasteiger partial charge in [-0.1, -0.05) is 6.08 Å². The lowest BCUT2D eigenvalue weighted by Crippen LogP contribution is -2.31. The maximum atomic E-state index is 13.0. The summed E-state index contributed by atoms with van der Waals surface area (Å²) in [5, 5.41) is 15.3. The molecule has 0 saturated carbocycles. The number of aliphatic hydroxyl groups excluding tert-OH is 1. The second-order valence-corrected chi connectivity index (χ2v) is 6.45. The van der Waals surface area contributed by atoms with Crippen molar-refractivity contribution in [1.29, 1.82) is 0 Å². The highest BCUT2D eigenvalue weighted by Gasteiger charge is 2.32. The zero-order valence-electron chi connectivity index (χ0n) is 14.7. The van der Waals surface area contributed by atoms with Gasteiger partial charge in [0.25, 0.3) is 5.91 Å². The average molecular weight is 383 g/mol. The van der Waals surface area contributed by atoms with Crippen LogP contribution in [-0.4, -0.2) is 62.1 Å². The summed E-state index contributed by atoms with van der Waals surface area (Å²) in [7, 11) is 0. The van der Waals surface area contributed by atoms with Crippen LogP contribution < -0.4 is 0 Å². The molecule has 1 fully saturated rings. The van der Waals surface area contributed by atoms with Gasteiger partial charge in [0.1, 0.15) is 11.5 Å². The van der Waals surface area contributed by atoms with Crippen LogP contribution in [0.25, 0.3) is 6.20 Å². The maximum absolute atomic E-state index is 13.0. The molecule has 0 spiro atoms. The van der Waals surface area contributed by atoms with Crippen molar-refractivity contribution in [3.05, 3.63) is 35.6 Å². The van der Waals surface area contributed by atoms with Crippen molar-refractivity contribution in [3.63, 3.8) is 0 Å². The highest BCUT2D eigenvalue weighted by atomic mass is 19.4. The monoisotopic (exact) mass is 383 g/mol. The Labute approximate surface area is 154 Å². The zero-order valence-corrected chi connectivity index (χ0v) is 14.7. The molecule has 1 N–H and O–H groups in total. The van der Waals surface area contributed by atoms with Crippen LogP contribution in [0.5, 0.6) is 0 Å². The van der Waals surface area contributed by atoms with Crippen LogP contribution in [0.15, 0.2) is 29.1 Å². The molecule has 2 aliphatic heterocycles. The quantitative estimate of drug-likeness (QED) is 0.865. The summed E-state index contributed by atoms with van der Waals surface area (Å²) in [5.74, 6) is -0.209. The summed E-state index contributed by atoms with van der Waals surface area (Å²) < 4.78 is 40.3. The first-order chi connectivity index (χ1) is 12.8. The number of aromatic nitrogens is 2. The number of hydrogen-bond acceptors (Lipinski definition) is 5. The third-order valence-corrected chi connectivity index (χ3v) is 4.37. The van der Waals surface area contributed by atoms with Gasteiger partial charge in [-0.25, -0.2) is 4.98 Å². The Morgan fingerprint density at radius 1 is 1.44 bits per heavy atom. The predicted molar refractivity (Wildman–Crippen MR) is 92.5 cm³/mol. The third-order valence-electron chi connectivity index (χ3n) is 4.37. The van der Waals surface area contributed by atoms with Crippen molar-refractivity contribution in [2.45, 2.75) is 38.6 Å². The van der Waals surface area contributed by atoms with E-state index in [-0.39, 0.29) is 24.6 Å². The van der Waals surface area contributed by atoms with Gasteiger partial charge in [0.05, 0.1) is 18.8 Å². The van der Waals surface area contributed by atoms with Crippen molar-refractivity contribution >= 4 is 18.3 Å². The summed E-state index contributed by atoms with van der Waals surface area (Å²) in [6, 6.07) is 0. The Morgan fingerprint density at radius 2 is 2.22 bits per heavy atom. The Morgan fingerprint density at radius 3 is 2.81 bits per heavy atom. The largest absolute Gasteiger partial charge is 0.413 e. The number of hydrogen-bond donors (Lipinski definition) is 1. The number of aliphatic hydroxyl groups is 1. The van der Waals surface area contributed by atoms with Gasteiger partial charge in [-0.2, -0.15) is 18.3 Å². The van der Waals surface area contributed by atoms with E-state index >= 15 is 0 Å². The molecule has 1 atom stereocenters. The first-order valence-electron chi connectivity index (χ1n) is 8.50. The Kier molecular flexibility index (Phi) is 5.36. The van der Waals surface area contributed by atoms with E-state index in [1.165, 1.54) is 16.1 Å². The van der Waals surface area contributed by atoms with Crippen LogP contribution in [0.1, 0.15) is 36.1 Å². The number of β-amino-alcohol motifs (C(OH)–C–C–N with tert-alkyl or cyclic N) is 1. The molecule has 0 aliphatic carbocycles. The van der Waals surface area contributed by atoms with Crippen molar-refractivity contribution in [3.8, 4) is 0 Å². The topological polar surface area (TPSA) is 74.0 Å². The van der Waals surface area contributed by atoms with Crippen molar-refractivity contribution in [2.75, 3.05) is 13.1 Å². The standard InChI is InChI=1S/C17H20F3N5O2/c1-12(17(18,19)20)9-25-14(16(27)23-7-4-13(26)10-23)8-21-15(25)11-24-6-3-2-5-22-24/h3,5-6,8-9,13,26H,2,4,7,10-11H2,1H3/b12-9+/t13-/m0/s1. The van der Waals surface area contributed by atoms with Crippen LogP contribution >= 0.6 is 0 Å². The van der Waals surface area contributed by atoms with Gasteiger partial charge < -0.3 is 10.0 Å². The number of nitrogens with zero attached hydrogens (tertiary/aromatic N) is 5. The third kappa shape index (κ3) is 4.38. The molecular weight excluding hydrogens is 363 g/mol. The summed E-state index contributed by atoms with van der Waals surface area (Å²) in [5.41, 5.74) is -0.831. The predicted octanol–water partition coefficient (Wildman–Crippen LogP) is 2.22. The highest BCUT2D eigenvalue weighted by Crippen LogP contribution is 2.27. The minimum absolute atomic E-state index is 0.0210. The summed E-state index contributed by atoms with van der Waals surface area (Å²) >= 11 is 0. The molecular formula is C17H20F3N5O2. The number of carbonyl (C=O) groups excluding carboxylic acids is 1. The fourth-order valence-electron chi connectivity index (χ4n) is 2.85. The molecule has 0 bridgehead atoms. The first kappa shape index (κ1) is 19.2. The van der Waals surface area contributed by atoms with Gasteiger partial charge in [-0.3, -0.25) is 14.4 Å². The molecule has 1 aromatic rings. The highest BCUT2D eigenvalue weighted by molar-refractivity contribution is 5.93. The molecule has 1 amide bonds. The molecule has 0 aromatic carbocycles. The van der Waals surface area contributed by atoms with E-state index in [0.717, 1.165) is 17.7 Å². The van der Waals surface area contributed by atoms with E-state index in [1.807, 2.05) is 6.08 Å². The van der Waals surface area contributed by atoms with E-state index in [1.54, 1.807) is 12.4 Å². The molecule has 3 rings (SSSR count). The summed E-state index contributed by atoms with van der Waals surface area (Å²) in [6.45, 7) is 1.56. The number of rotatable bonds is 4. The lowest BCUT2D eigenvalue weighted by Gasteiger charge is -2.19. The second-order valence-electron chi connectivity index (χ2n) is 6.45. The molecule has 27 heavy (non-hydrogen) atoms. The molecule has 0 radical (unpaired) electrons. The smallest absolute Gasteiger partial charge is 0.391 e. The number of allylic oxidation sites excluding steroid dienone is 2.